The number of nitrogens with one attached hydrogen (secondary N) is 1. The van der Waals surface area contributed by atoms with Crippen LogP contribution in [0.1, 0.15) is 109 Å². The fraction of sp³-hybridized carbons (Fsp3) is 0.696. The van der Waals surface area contributed by atoms with E-state index >= 15 is 0 Å². The zero-order chi connectivity index (χ0) is 21.2. The van der Waals surface area contributed by atoms with Crippen molar-refractivity contribution in [2.24, 2.45) is 16.9 Å². The molecule has 0 radical (unpaired) electrons. The van der Waals surface area contributed by atoms with Crippen LogP contribution in [0.4, 0.5) is 0 Å². The first kappa shape index (κ1) is 22.9. The average molecular weight is 407 g/mol. The molecule has 1 aliphatic rings. The SMILES string of the molecule is CC(C)c1cc(C(C)C)c(S(=O)(=O)N/N=C2\CCCC(C)C2C)c(C(C)C)c1. The fourth-order valence-electron chi connectivity index (χ4n) is 3.93. The van der Waals surface area contributed by atoms with Crippen LogP contribution in [0, 0.1) is 11.8 Å². The molecular weight excluding hydrogens is 368 g/mol. The van der Waals surface area contributed by atoms with E-state index in [9.17, 15) is 8.42 Å². The molecule has 5 heteroatoms. The molecule has 158 valence electrons. The summed E-state index contributed by atoms with van der Waals surface area (Å²) in [6, 6.07) is 4.13. The van der Waals surface area contributed by atoms with Crippen molar-refractivity contribution in [3.63, 3.8) is 0 Å². The average Bonchev–Trinajstić information content (AvgIpc) is 2.61. The molecule has 1 saturated carbocycles. The highest BCUT2D eigenvalue weighted by Crippen LogP contribution is 2.35. The molecule has 0 heterocycles. The van der Waals surface area contributed by atoms with E-state index in [1.54, 1.807) is 0 Å². The van der Waals surface area contributed by atoms with E-state index in [2.05, 4.69) is 77.5 Å². The van der Waals surface area contributed by atoms with Gasteiger partial charge in [-0.25, -0.2) is 4.83 Å². The molecule has 1 fully saturated rings. The van der Waals surface area contributed by atoms with Gasteiger partial charge in [0, 0.05) is 5.71 Å². The molecule has 2 unspecified atom stereocenters. The van der Waals surface area contributed by atoms with Gasteiger partial charge in [0.25, 0.3) is 10.0 Å². The molecule has 1 aromatic carbocycles. The molecular formula is C23H38N2O2S. The Balaban J connectivity index is 2.54. The first-order valence-corrected chi connectivity index (χ1v) is 12.2. The number of benzene rings is 1. The summed E-state index contributed by atoms with van der Waals surface area (Å²) >= 11 is 0. The standard InChI is InChI=1S/C23H38N2O2S/c1-14(2)19-12-20(15(3)4)23(21(13-19)16(5)6)28(26,27)25-24-22-11-9-10-17(7)18(22)8/h12-18,25H,9-11H2,1-8H3/b24-22+. The van der Waals surface area contributed by atoms with Gasteiger partial charge in [-0.1, -0.05) is 67.5 Å². The predicted octanol–water partition coefficient (Wildman–Crippen LogP) is 6.15. The molecule has 1 N–H and O–H groups in total. The number of nitrogens with zero attached hydrogens (tertiary/aromatic N) is 1. The Bertz CT molecular complexity index is 794. The minimum absolute atomic E-state index is 0.115. The Morgan fingerprint density at radius 2 is 1.50 bits per heavy atom. The van der Waals surface area contributed by atoms with Gasteiger partial charge >= 0.3 is 0 Å². The lowest BCUT2D eigenvalue weighted by Gasteiger charge is -2.27. The van der Waals surface area contributed by atoms with Gasteiger partial charge < -0.3 is 0 Å². The third-order valence-electron chi connectivity index (χ3n) is 6.13. The Morgan fingerprint density at radius 3 is 1.96 bits per heavy atom. The van der Waals surface area contributed by atoms with Crippen LogP contribution < -0.4 is 4.83 Å². The number of rotatable bonds is 6. The minimum Gasteiger partial charge on any atom is -0.200 e. The molecule has 0 aromatic heterocycles. The molecule has 0 spiro atoms. The lowest BCUT2D eigenvalue weighted by molar-refractivity contribution is 0.402. The van der Waals surface area contributed by atoms with Gasteiger partial charge in [-0.2, -0.15) is 13.5 Å². The number of sulfonamides is 1. The van der Waals surface area contributed by atoms with Gasteiger partial charge in [0.2, 0.25) is 0 Å². The summed E-state index contributed by atoms with van der Waals surface area (Å²) in [6.45, 7) is 16.9. The van der Waals surface area contributed by atoms with E-state index in [0.29, 0.717) is 22.6 Å². The van der Waals surface area contributed by atoms with Gasteiger partial charge in [-0.15, -0.1) is 0 Å². The Labute approximate surface area is 172 Å². The molecule has 0 amide bonds. The van der Waals surface area contributed by atoms with Crippen molar-refractivity contribution in [2.45, 2.75) is 97.3 Å². The lowest BCUT2D eigenvalue weighted by atomic mass is 9.80. The van der Waals surface area contributed by atoms with Crippen LogP contribution in [0.3, 0.4) is 0 Å². The molecule has 1 aromatic rings. The third-order valence-corrected chi connectivity index (χ3v) is 7.47. The van der Waals surface area contributed by atoms with Gasteiger partial charge in [-0.3, -0.25) is 0 Å². The van der Waals surface area contributed by atoms with Crippen LogP contribution in [-0.2, 0) is 10.0 Å². The van der Waals surface area contributed by atoms with Crippen LogP contribution in [0.5, 0.6) is 0 Å². The van der Waals surface area contributed by atoms with Crippen LogP contribution in [0.2, 0.25) is 0 Å². The third kappa shape index (κ3) is 4.97. The summed E-state index contributed by atoms with van der Waals surface area (Å²) in [6.07, 6.45) is 3.12. The molecule has 28 heavy (non-hydrogen) atoms. The van der Waals surface area contributed by atoms with E-state index < -0.39 is 10.0 Å². The van der Waals surface area contributed by atoms with Gasteiger partial charge in [0.05, 0.1) is 4.90 Å². The fourth-order valence-corrected chi connectivity index (χ4v) is 5.47. The maximum absolute atomic E-state index is 13.4. The highest BCUT2D eigenvalue weighted by atomic mass is 32.2. The summed E-state index contributed by atoms with van der Waals surface area (Å²) < 4.78 is 26.8. The molecule has 0 saturated heterocycles. The smallest absolute Gasteiger partial charge is 0.200 e. The number of hydrogen-bond acceptors (Lipinski definition) is 3. The second kappa shape index (κ2) is 8.98. The first-order valence-electron chi connectivity index (χ1n) is 10.7. The highest BCUT2D eigenvalue weighted by molar-refractivity contribution is 7.89. The van der Waals surface area contributed by atoms with Crippen LogP contribution in [-0.4, -0.2) is 14.1 Å². The van der Waals surface area contributed by atoms with Crippen LogP contribution in [0.25, 0.3) is 0 Å². The largest absolute Gasteiger partial charge is 0.277 e. The highest BCUT2D eigenvalue weighted by Gasteiger charge is 2.28. The van der Waals surface area contributed by atoms with E-state index in [4.69, 9.17) is 0 Å². The van der Waals surface area contributed by atoms with Gasteiger partial charge in [0.1, 0.15) is 0 Å². The Hall–Kier alpha value is -1.36. The van der Waals surface area contributed by atoms with E-state index in [1.165, 1.54) is 12.0 Å². The van der Waals surface area contributed by atoms with Crippen molar-refractivity contribution in [3.8, 4) is 0 Å². The summed E-state index contributed by atoms with van der Waals surface area (Å²) in [7, 11) is -3.73. The zero-order valence-electron chi connectivity index (χ0n) is 18.8. The molecule has 4 nitrogen and oxygen atoms in total. The number of hydrogen-bond donors (Lipinski definition) is 1. The van der Waals surface area contributed by atoms with Crippen molar-refractivity contribution in [3.05, 3.63) is 28.8 Å². The van der Waals surface area contributed by atoms with Crippen LogP contribution in [0.15, 0.2) is 22.1 Å². The summed E-state index contributed by atoms with van der Waals surface area (Å²) in [5.74, 6) is 1.44. The minimum atomic E-state index is -3.73. The monoisotopic (exact) mass is 406 g/mol. The predicted molar refractivity (Wildman–Crippen MR) is 119 cm³/mol. The van der Waals surface area contributed by atoms with Crippen molar-refractivity contribution < 1.29 is 8.42 Å². The van der Waals surface area contributed by atoms with Gasteiger partial charge in [0.15, 0.2) is 0 Å². The molecule has 2 atom stereocenters. The quantitative estimate of drug-likeness (QED) is 0.576. The summed E-state index contributed by atoms with van der Waals surface area (Å²) in [4.78, 5) is 3.01. The normalized spacial score (nSPS) is 22.5. The second-order valence-corrected chi connectivity index (χ2v) is 10.9. The maximum atomic E-state index is 13.4. The maximum Gasteiger partial charge on any atom is 0.277 e. The molecule has 2 rings (SSSR count). The van der Waals surface area contributed by atoms with Crippen molar-refractivity contribution in [1.29, 1.82) is 0 Å². The summed E-state index contributed by atoms with van der Waals surface area (Å²) in [5.41, 5.74) is 3.92. The van der Waals surface area contributed by atoms with Crippen molar-refractivity contribution in [2.75, 3.05) is 0 Å². The lowest BCUT2D eigenvalue weighted by Crippen LogP contribution is -2.29. The Morgan fingerprint density at radius 1 is 0.964 bits per heavy atom. The topological polar surface area (TPSA) is 58.5 Å². The molecule has 0 aliphatic heterocycles. The molecule has 0 bridgehead atoms. The summed E-state index contributed by atoms with van der Waals surface area (Å²) in [5, 5.41) is 4.40. The zero-order valence-corrected chi connectivity index (χ0v) is 19.7. The van der Waals surface area contributed by atoms with Crippen LogP contribution >= 0.6 is 0 Å². The van der Waals surface area contributed by atoms with E-state index in [0.717, 1.165) is 29.7 Å². The van der Waals surface area contributed by atoms with E-state index in [-0.39, 0.29) is 11.8 Å². The molecule has 1 aliphatic carbocycles. The number of hydrazone groups is 1. The first-order chi connectivity index (χ1) is 13.0. The Kier molecular flexibility index (Phi) is 7.35. The van der Waals surface area contributed by atoms with E-state index in [1.807, 2.05) is 0 Å². The van der Waals surface area contributed by atoms with Crippen molar-refractivity contribution >= 4 is 15.7 Å². The second-order valence-electron chi connectivity index (χ2n) is 9.35. The van der Waals surface area contributed by atoms with Gasteiger partial charge in [-0.05, 0) is 65.5 Å². The van der Waals surface area contributed by atoms with Crippen molar-refractivity contribution in [1.82, 2.24) is 4.83 Å².